The first-order chi connectivity index (χ1) is 10.2. The van der Waals surface area contributed by atoms with Crippen LogP contribution in [-0.4, -0.2) is 37.6 Å². The summed E-state index contributed by atoms with van der Waals surface area (Å²) < 4.78 is 32.1. The summed E-state index contributed by atoms with van der Waals surface area (Å²) >= 11 is 0. The number of rotatable bonds is 5. The van der Waals surface area contributed by atoms with Crippen LogP contribution in [0.25, 0.3) is 0 Å². The smallest absolute Gasteiger partial charge is 0.246 e. The van der Waals surface area contributed by atoms with E-state index < -0.39 is 10.0 Å². The summed E-state index contributed by atoms with van der Waals surface area (Å²) in [5, 5.41) is 3.66. The van der Waals surface area contributed by atoms with Gasteiger partial charge in [0.05, 0.1) is 12.2 Å². The normalized spacial score (nSPS) is 11.7. The summed E-state index contributed by atoms with van der Waals surface area (Å²) in [7, 11) is -0.0507. The molecule has 0 bridgehead atoms. The van der Waals surface area contributed by atoms with Gasteiger partial charge < -0.3 is 9.42 Å². The molecule has 2 aromatic heterocycles. The van der Waals surface area contributed by atoms with E-state index in [9.17, 15) is 8.42 Å². The number of aromatic nitrogens is 3. The molecule has 0 unspecified atom stereocenters. The predicted octanol–water partition coefficient (Wildman–Crippen LogP) is 0.934. The second-order valence-corrected chi connectivity index (χ2v) is 6.88. The van der Waals surface area contributed by atoms with Crippen LogP contribution in [0.2, 0.25) is 0 Å². The quantitative estimate of drug-likeness (QED) is 0.872. The minimum atomic E-state index is -3.70. The van der Waals surface area contributed by atoms with Gasteiger partial charge in [-0.05, 0) is 26.8 Å². The Morgan fingerprint density at radius 2 is 1.91 bits per heavy atom. The second kappa shape index (κ2) is 6.01. The lowest BCUT2D eigenvalue weighted by atomic mass is 10.3. The van der Waals surface area contributed by atoms with E-state index >= 15 is 0 Å². The van der Waals surface area contributed by atoms with Gasteiger partial charge >= 0.3 is 0 Å². The third kappa shape index (κ3) is 3.42. The van der Waals surface area contributed by atoms with Gasteiger partial charge in [-0.2, -0.15) is 0 Å². The van der Waals surface area contributed by atoms with E-state index in [0.717, 1.165) is 5.69 Å². The Bertz CT molecular complexity index is 763. The molecule has 2 rings (SSSR count). The molecule has 0 aliphatic heterocycles. The van der Waals surface area contributed by atoms with Gasteiger partial charge in [0, 0.05) is 19.8 Å². The van der Waals surface area contributed by atoms with E-state index in [4.69, 9.17) is 4.52 Å². The molecule has 0 saturated heterocycles. The number of anilines is 1. The molecule has 0 radical (unpaired) electrons. The maximum atomic E-state index is 12.3. The molecule has 0 atom stereocenters. The van der Waals surface area contributed by atoms with Gasteiger partial charge in [-0.15, -0.1) is 0 Å². The highest BCUT2D eigenvalue weighted by Crippen LogP contribution is 2.19. The third-order valence-corrected chi connectivity index (χ3v) is 4.62. The molecule has 0 amide bonds. The van der Waals surface area contributed by atoms with Crippen molar-refractivity contribution in [2.75, 3.05) is 19.0 Å². The van der Waals surface area contributed by atoms with Crippen LogP contribution in [0.4, 0.5) is 5.95 Å². The van der Waals surface area contributed by atoms with Crippen LogP contribution >= 0.6 is 0 Å². The first-order valence-corrected chi connectivity index (χ1v) is 8.13. The van der Waals surface area contributed by atoms with E-state index in [1.807, 2.05) is 21.0 Å². The summed E-state index contributed by atoms with van der Waals surface area (Å²) in [6.07, 6.45) is 0. The summed E-state index contributed by atoms with van der Waals surface area (Å²) in [6.45, 7) is 5.05. The maximum absolute atomic E-state index is 12.3. The summed E-state index contributed by atoms with van der Waals surface area (Å²) in [5.74, 6) is 0.796. The van der Waals surface area contributed by atoms with Crippen molar-refractivity contribution in [3.63, 3.8) is 0 Å². The van der Waals surface area contributed by atoms with Crippen molar-refractivity contribution in [1.29, 1.82) is 0 Å². The number of hydrogen-bond acceptors (Lipinski definition) is 7. The minimum Gasteiger partial charge on any atom is -0.360 e. The highest BCUT2D eigenvalue weighted by molar-refractivity contribution is 7.89. The zero-order valence-electron chi connectivity index (χ0n) is 13.2. The summed E-state index contributed by atoms with van der Waals surface area (Å²) in [6, 6.07) is 1.74. The predicted molar refractivity (Wildman–Crippen MR) is 81.1 cm³/mol. The van der Waals surface area contributed by atoms with E-state index in [2.05, 4.69) is 19.8 Å². The van der Waals surface area contributed by atoms with Crippen molar-refractivity contribution >= 4 is 16.0 Å². The molecule has 22 heavy (non-hydrogen) atoms. The monoisotopic (exact) mass is 325 g/mol. The summed E-state index contributed by atoms with van der Waals surface area (Å²) in [5.41, 5.74) is 1.69. The van der Waals surface area contributed by atoms with Crippen LogP contribution in [0.5, 0.6) is 0 Å². The standard InChI is InChI=1S/C13H19N5O3S/c1-8-6-11(16-13(15-8)18(4)5)7-14-22(19,20)12-9(2)17-21-10(12)3/h6,14H,7H2,1-5H3. The Balaban J connectivity index is 2.23. The Hall–Kier alpha value is -2.00. The van der Waals surface area contributed by atoms with E-state index in [-0.39, 0.29) is 17.2 Å². The molecule has 0 aliphatic carbocycles. The van der Waals surface area contributed by atoms with Gasteiger partial charge in [0.2, 0.25) is 16.0 Å². The van der Waals surface area contributed by atoms with Crippen LogP contribution < -0.4 is 9.62 Å². The number of nitrogens with one attached hydrogen (secondary N) is 1. The van der Waals surface area contributed by atoms with Gasteiger partial charge in [-0.25, -0.2) is 23.1 Å². The van der Waals surface area contributed by atoms with Crippen molar-refractivity contribution in [2.45, 2.75) is 32.2 Å². The number of sulfonamides is 1. The van der Waals surface area contributed by atoms with E-state index in [0.29, 0.717) is 17.3 Å². The molecule has 0 fully saturated rings. The Labute approximate surface area is 129 Å². The van der Waals surface area contributed by atoms with Gasteiger partial charge in [-0.1, -0.05) is 5.16 Å². The lowest BCUT2D eigenvalue weighted by molar-refractivity contribution is 0.390. The first-order valence-electron chi connectivity index (χ1n) is 6.65. The molecular weight excluding hydrogens is 306 g/mol. The van der Waals surface area contributed by atoms with Gasteiger partial charge in [-0.3, -0.25) is 0 Å². The van der Waals surface area contributed by atoms with Gasteiger partial charge in [0.25, 0.3) is 0 Å². The molecule has 0 spiro atoms. The fraction of sp³-hybridized carbons (Fsp3) is 0.462. The highest BCUT2D eigenvalue weighted by Gasteiger charge is 2.24. The molecule has 8 nitrogen and oxygen atoms in total. The fourth-order valence-electron chi connectivity index (χ4n) is 2.01. The molecule has 0 aliphatic rings. The Morgan fingerprint density at radius 1 is 1.23 bits per heavy atom. The topological polar surface area (TPSA) is 101 Å². The van der Waals surface area contributed by atoms with Gasteiger partial charge in [0.15, 0.2) is 5.76 Å². The van der Waals surface area contributed by atoms with Crippen molar-refractivity contribution in [3.05, 3.63) is 28.9 Å². The number of hydrogen-bond donors (Lipinski definition) is 1. The maximum Gasteiger partial charge on any atom is 0.246 e. The fourth-order valence-corrected chi connectivity index (χ4v) is 3.33. The second-order valence-electron chi connectivity index (χ2n) is 5.17. The molecule has 2 aromatic rings. The van der Waals surface area contributed by atoms with Crippen molar-refractivity contribution < 1.29 is 12.9 Å². The summed E-state index contributed by atoms with van der Waals surface area (Å²) in [4.78, 5) is 10.4. The Morgan fingerprint density at radius 3 is 2.45 bits per heavy atom. The van der Waals surface area contributed by atoms with Crippen LogP contribution in [0.1, 0.15) is 22.8 Å². The average Bonchev–Trinajstić information content (AvgIpc) is 2.76. The van der Waals surface area contributed by atoms with E-state index in [1.54, 1.807) is 24.8 Å². The Kier molecular flexibility index (Phi) is 4.47. The largest absolute Gasteiger partial charge is 0.360 e. The van der Waals surface area contributed by atoms with Crippen LogP contribution in [0.3, 0.4) is 0 Å². The van der Waals surface area contributed by atoms with Crippen LogP contribution in [0.15, 0.2) is 15.5 Å². The molecule has 2 heterocycles. The average molecular weight is 325 g/mol. The molecule has 0 aromatic carbocycles. The first kappa shape index (κ1) is 16.4. The highest BCUT2D eigenvalue weighted by atomic mass is 32.2. The van der Waals surface area contributed by atoms with Crippen molar-refractivity contribution in [1.82, 2.24) is 19.8 Å². The zero-order valence-corrected chi connectivity index (χ0v) is 14.0. The third-order valence-electron chi connectivity index (χ3n) is 2.98. The van der Waals surface area contributed by atoms with Gasteiger partial charge in [0.1, 0.15) is 10.6 Å². The molecule has 1 N–H and O–H groups in total. The number of nitrogens with zero attached hydrogens (tertiary/aromatic N) is 4. The molecule has 120 valence electrons. The SMILES string of the molecule is Cc1cc(CNS(=O)(=O)c2c(C)noc2C)nc(N(C)C)n1. The lowest BCUT2D eigenvalue weighted by Gasteiger charge is -2.12. The molecule has 9 heteroatoms. The number of aryl methyl sites for hydroxylation is 3. The molecule has 0 saturated carbocycles. The van der Waals surface area contributed by atoms with Crippen LogP contribution in [-0.2, 0) is 16.6 Å². The lowest BCUT2D eigenvalue weighted by Crippen LogP contribution is -2.25. The van der Waals surface area contributed by atoms with E-state index in [1.165, 1.54) is 0 Å². The van der Waals surface area contributed by atoms with Crippen molar-refractivity contribution in [3.8, 4) is 0 Å². The minimum absolute atomic E-state index is 0.0661. The van der Waals surface area contributed by atoms with Crippen LogP contribution in [0, 0.1) is 20.8 Å². The van der Waals surface area contributed by atoms with Crippen molar-refractivity contribution in [2.24, 2.45) is 0 Å². The zero-order chi connectivity index (χ0) is 16.5. The molecular formula is C13H19N5O3S.